The molecule has 3 heterocycles. The molecule has 100 valence electrons. The van der Waals surface area contributed by atoms with Crippen LogP contribution in [-0.4, -0.2) is 29.0 Å². The molecule has 1 aromatic rings. The van der Waals surface area contributed by atoms with Crippen molar-refractivity contribution in [2.24, 2.45) is 4.99 Å². The van der Waals surface area contributed by atoms with Gasteiger partial charge in [-0.05, 0) is 26.8 Å². The number of nitrogens with zero attached hydrogens (tertiary/aromatic N) is 2. The van der Waals surface area contributed by atoms with Crippen molar-refractivity contribution in [1.29, 1.82) is 0 Å². The summed E-state index contributed by atoms with van der Waals surface area (Å²) >= 11 is 0. The van der Waals surface area contributed by atoms with E-state index in [1.165, 1.54) is 0 Å². The van der Waals surface area contributed by atoms with Gasteiger partial charge in [0.25, 0.3) is 0 Å². The number of ether oxygens (including phenoxy) is 1. The Labute approximate surface area is 113 Å². The van der Waals surface area contributed by atoms with E-state index in [0.29, 0.717) is 6.61 Å². The first-order valence-electron chi connectivity index (χ1n) is 6.80. The van der Waals surface area contributed by atoms with Gasteiger partial charge in [-0.2, -0.15) is 0 Å². The van der Waals surface area contributed by atoms with Crippen LogP contribution in [0.3, 0.4) is 0 Å². The van der Waals surface area contributed by atoms with Crippen LogP contribution in [-0.2, 0) is 10.5 Å². The molecule has 4 rings (SSSR count). The highest BCUT2D eigenvalue weighted by Gasteiger charge is 2.61. The van der Waals surface area contributed by atoms with E-state index in [-0.39, 0.29) is 11.6 Å². The predicted molar refractivity (Wildman–Crippen MR) is 72.1 cm³/mol. The minimum Gasteiger partial charge on any atom is -0.490 e. The Morgan fingerprint density at radius 2 is 2.11 bits per heavy atom. The van der Waals surface area contributed by atoms with Crippen molar-refractivity contribution >= 4 is 5.71 Å². The molecule has 0 amide bonds. The number of benzene rings is 1. The van der Waals surface area contributed by atoms with E-state index >= 15 is 0 Å². The first-order valence-corrected chi connectivity index (χ1v) is 6.80. The second-order valence-corrected chi connectivity index (χ2v) is 6.11. The summed E-state index contributed by atoms with van der Waals surface area (Å²) in [5.74, 6) is 0.938. The maximum atomic E-state index is 6.12. The first-order chi connectivity index (χ1) is 9.04. The summed E-state index contributed by atoms with van der Waals surface area (Å²) in [5, 5.41) is 2.08. The summed E-state index contributed by atoms with van der Waals surface area (Å²) in [5.41, 5.74) is 1.67. The summed E-state index contributed by atoms with van der Waals surface area (Å²) < 4.78 is 5.87. The molecule has 4 heteroatoms. The zero-order valence-electron chi connectivity index (χ0n) is 11.5. The molecular formula is C15H18N2O2. The average Bonchev–Trinajstić information content (AvgIpc) is 2.76. The Hall–Kier alpha value is -1.39. The first kappa shape index (κ1) is 11.4. The summed E-state index contributed by atoms with van der Waals surface area (Å²) in [6.07, 6.45) is 0.952. The third-order valence-electron chi connectivity index (χ3n) is 4.59. The van der Waals surface area contributed by atoms with Crippen LogP contribution >= 0.6 is 0 Å². The van der Waals surface area contributed by atoms with Crippen molar-refractivity contribution in [2.75, 3.05) is 6.61 Å². The molecular weight excluding hydrogens is 240 g/mol. The van der Waals surface area contributed by atoms with Gasteiger partial charge in [0.05, 0.1) is 5.54 Å². The summed E-state index contributed by atoms with van der Waals surface area (Å²) in [7, 11) is 0. The molecule has 1 spiro atoms. The van der Waals surface area contributed by atoms with E-state index in [1.54, 1.807) is 0 Å². The van der Waals surface area contributed by atoms with Crippen LogP contribution in [0.5, 0.6) is 5.75 Å². The smallest absolute Gasteiger partial charge is 0.167 e. The van der Waals surface area contributed by atoms with Crippen molar-refractivity contribution in [2.45, 2.75) is 44.5 Å². The molecule has 1 aromatic carbocycles. The van der Waals surface area contributed by atoms with Crippen LogP contribution < -0.4 is 4.74 Å². The zero-order valence-corrected chi connectivity index (χ0v) is 11.5. The van der Waals surface area contributed by atoms with Crippen LogP contribution in [0.25, 0.3) is 0 Å². The molecule has 2 bridgehead atoms. The van der Waals surface area contributed by atoms with Crippen LogP contribution in [0.1, 0.15) is 32.8 Å². The van der Waals surface area contributed by atoms with E-state index in [2.05, 4.69) is 31.9 Å². The number of hydroxylamine groups is 2. The van der Waals surface area contributed by atoms with Crippen LogP contribution in [0.2, 0.25) is 0 Å². The van der Waals surface area contributed by atoms with Crippen molar-refractivity contribution in [3.8, 4) is 5.75 Å². The van der Waals surface area contributed by atoms with Crippen LogP contribution in [0, 0.1) is 0 Å². The number of aliphatic imine (C=N–C) groups is 1. The molecule has 0 unspecified atom stereocenters. The number of rotatable bonds is 0. The van der Waals surface area contributed by atoms with E-state index in [9.17, 15) is 0 Å². The van der Waals surface area contributed by atoms with E-state index < -0.39 is 5.66 Å². The Kier molecular flexibility index (Phi) is 2.03. The van der Waals surface area contributed by atoms with Gasteiger partial charge in [0, 0.05) is 17.7 Å². The lowest BCUT2D eigenvalue weighted by atomic mass is 9.93. The summed E-state index contributed by atoms with van der Waals surface area (Å²) in [6, 6.07) is 8.19. The predicted octanol–water partition coefficient (Wildman–Crippen LogP) is 2.49. The summed E-state index contributed by atoms with van der Waals surface area (Å²) in [4.78, 5) is 11.1. The molecule has 0 aliphatic carbocycles. The topological polar surface area (TPSA) is 34.1 Å². The number of hydrogen-bond acceptors (Lipinski definition) is 4. The van der Waals surface area contributed by atoms with Crippen molar-refractivity contribution in [3.63, 3.8) is 0 Å². The molecule has 1 fully saturated rings. The Morgan fingerprint density at radius 3 is 2.95 bits per heavy atom. The lowest BCUT2D eigenvalue weighted by Crippen LogP contribution is -2.49. The van der Waals surface area contributed by atoms with Gasteiger partial charge in [0.15, 0.2) is 5.66 Å². The normalized spacial score (nSPS) is 35.1. The van der Waals surface area contributed by atoms with Crippen LogP contribution in [0.4, 0.5) is 0 Å². The molecule has 1 saturated heterocycles. The third-order valence-corrected chi connectivity index (χ3v) is 4.59. The molecule has 4 nitrogen and oxygen atoms in total. The van der Waals surface area contributed by atoms with Gasteiger partial charge in [-0.25, -0.2) is 0 Å². The number of fused-ring (bicyclic) bond motifs is 2. The monoisotopic (exact) mass is 258 g/mol. The van der Waals surface area contributed by atoms with Gasteiger partial charge in [-0.15, -0.1) is 5.06 Å². The second kappa shape index (κ2) is 3.38. The molecule has 0 aromatic heterocycles. The number of hydrogen-bond donors (Lipinski definition) is 0. The van der Waals surface area contributed by atoms with Gasteiger partial charge >= 0.3 is 0 Å². The Balaban J connectivity index is 1.97. The lowest BCUT2D eigenvalue weighted by molar-refractivity contribution is -0.223. The minimum absolute atomic E-state index is 0.0866. The van der Waals surface area contributed by atoms with E-state index in [0.717, 1.165) is 23.4 Å². The van der Waals surface area contributed by atoms with Gasteiger partial charge in [-0.3, -0.25) is 9.83 Å². The second-order valence-electron chi connectivity index (χ2n) is 6.11. The standard InChI is InChI=1S/C15H18N2O2/c1-10-14(2,3)17-15(16-10)8-11(19-17)9-18-13-7-5-4-6-12(13)15/h4-7,11H,8-9H2,1-3H3/t11-,15-/m0/s1. The fourth-order valence-corrected chi connectivity index (χ4v) is 3.40. The van der Waals surface area contributed by atoms with Gasteiger partial charge in [0.2, 0.25) is 0 Å². The largest absolute Gasteiger partial charge is 0.490 e. The van der Waals surface area contributed by atoms with E-state index in [4.69, 9.17) is 14.6 Å². The molecule has 0 N–H and O–H groups in total. The Bertz CT molecular complexity index is 581. The zero-order chi connectivity index (χ0) is 13.3. The van der Waals surface area contributed by atoms with E-state index in [1.807, 2.05) is 18.2 Å². The van der Waals surface area contributed by atoms with Gasteiger partial charge in [-0.1, -0.05) is 18.2 Å². The maximum absolute atomic E-state index is 6.12. The fraction of sp³-hybridized carbons (Fsp3) is 0.533. The quantitative estimate of drug-likeness (QED) is 0.717. The SMILES string of the molecule is CC1=N[C@]23C[C@@H](COc4ccccc42)ON3C1(C)C. The Morgan fingerprint density at radius 1 is 1.32 bits per heavy atom. The molecule has 0 saturated carbocycles. The number of para-hydroxylation sites is 1. The highest BCUT2D eigenvalue weighted by Crippen LogP contribution is 2.54. The van der Waals surface area contributed by atoms with Crippen molar-refractivity contribution in [3.05, 3.63) is 29.8 Å². The van der Waals surface area contributed by atoms with Gasteiger partial charge in [0.1, 0.15) is 18.5 Å². The highest BCUT2D eigenvalue weighted by molar-refractivity contribution is 5.93. The lowest BCUT2D eigenvalue weighted by Gasteiger charge is -2.37. The van der Waals surface area contributed by atoms with Crippen molar-refractivity contribution in [1.82, 2.24) is 5.06 Å². The van der Waals surface area contributed by atoms with Crippen molar-refractivity contribution < 1.29 is 9.57 Å². The fourth-order valence-electron chi connectivity index (χ4n) is 3.40. The maximum Gasteiger partial charge on any atom is 0.167 e. The van der Waals surface area contributed by atoms with Crippen LogP contribution in [0.15, 0.2) is 29.3 Å². The van der Waals surface area contributed by atoms with Gasteiger partial charge < -0.3 is 4.74 Å². The highest BCUT2D eigenvalue weighted by atomic mass is 16.7. The third kappa shape index (κ3) is 1.28. The molecule has 3 aliphatic rings. The minimum atomic E-state index is -0.397. The molecule has 19 heavy (non-hydrogen) atoms. The average molecular weight is 258 g/mol. The molecule has 3 aliphatic heterocycles. The summed E-state index contributed by atoms with van der Waals surface area (Å²) in [6.45, 7) is 7.02. The molecule has 0 radical (unpaired) electrons. The molecule has 2 atom stereocenters.